The monoisotopic (exact) mass is 1160 g/mol. The van der Waals surface area contributed by atoms with Gasteiger partial charge in [-0.15, -0.1) is 0 Å². The first-order valence-corrected chi connectivity index (χ1v) is 36.3. The first kappa shape index (κ1) is 78.9. The molecule has 9 heteroatoms. The van der Waals surface area contributed by atoms with Gasteiger partial charge in [0.2, 0.25) is 5.91 Å². The number of nitrogens with one attached hydrogen (secondary N) is 1. The average Bonchev–Trinajstić information content (AvgIpc) is 3.43. The third kappa shape index (κ3) is 65.3. The number of aliphatic hydroxyl groups excluding tert-OH is 1. The molecule has 0 aliphatic carbocycles. The largest absolute Gasteiger partial charge is 0.472 e. The SMILES string of the molecule is CCCCCCC/C=C\C/C=C\C/C=C\CCCCCCCCCCCCCCCCCCCCCCC(=O)NC(COP(=O)(O)OCC[N+](C)(C)C)C(O)/C=C/CC/C=C/CC/C=C/CCCCCCCCCCCCCCCC. The minimum atomic E-state index is -4.37. The van der Waals surface area contributed by atoms with Crippen molar-refractivity contribution < 1.29 is 32.9 Å². The molecule has 0 radical (unpaired) electrons. The molecule has 0 aromatic rings. The van der Waals surface area contributed by atoms with Crippen LogP contribution in [0.2, 0.25) is 0 Å². The molecule has 0 saturated heterocycles. The van der Waals surface area contributed by atoms with E-state index < -0.39 is 20.0 Å². The molecule has 474 valence electrons. The molecule has 3 atom stereocenters. The lowest BCUT2D eigenvalue weighted by Gasteiger charge is -2.25. The average molecular weight is 1160 g/mol. The van der Waals surface area contributed by atoms with Crippen LogP contribution in [-0.2, 0) is 18.4 Å². The molecule has 0 fully saturated rings. The van der Waals surface area contributed by atoms with Gasteiger partial charge < -0.3 is 19.8 Å². The van der Waals surface area contributed by atoms with Gasteiger partial charge in [0.05, 0.1) is 39.9 Å². The van der Waals surface area contributed by atoms with E-state index in [0.717, 1.165) is 57.8 Å². The highest BCUT2D eigenvalue weighted by Crippen LogP contribution is 2.43. The lowest BCUT2D eigenvalue weighted by molar-refractivity contribution is -0.870. The van der Waals surface area contributed by atoms with Gasteiger partial charge in [-0.1, -0.05) is 311 Å². The van der Waals surface area contributed by atoms with Gasteiger partial charge >= 0.3 is 7.82 Å². The molecule has 0 saturated carbocycles. The number of phosphoric acid groups is 1. The molecule has 0 rings (SSSR count). The topological polar surface area (TPSA) is 105 Å². The summed E-state index contributed by atoms with van der Waals surface area (Å²) in [7, 11) is 1.55. The predicted molar refractivity (Wildman–Crippen MR) is 355 cm³/mol. The van der Waals surface area contributed by atoms with Crippen molar-refractivity contribution in [3.05, 3.63) is 72.9 Å². The van der Waals surface area contributed by atoms with Crippen molar-refractivity contribution in [2.24, 2.45) is 0 Å². The molecule has 3 N–H and O–H groups in total. The molecule has 0 aromatic carbocycles. The smallest absolute Gasteiger partial charge is 0.387 e. The fourth-order valence-electron chi connectivity index (χ4n) is 10.2. The Hall–Kier alpha value is -2.06. The number of hydrogen-bond donors (Lipinski definition) is 3. The second-order valence-electron chi connectivity index (χ2n) is 24.9. The number of rotatable bonds is 64. The summed E-state index contributed by atoms with van der Waals surface area (Å²) in [6.07, 6.45) is 87.7. The fraction of sp³-hybridized carbons (Fsp3) is 0.819. The maximum absolute atomic E-state index is 13.0. The van der Waals surface area contributed by atoms with Crippen LogP contribution in [-0.4, -0.2) is 73.4 Å². The van der Waals surface area contributed by atoms with Crippen LogP contribution in [0.15, 0.2) is 72.9 Å². The minimum Gasteiger partial charge on any atom is -0.387 e. The molecule has 1 amide bonds. The summed E-state index contributed by atoms with van der Waals surface area (Å²) in [5.41, 5.74) is 0. The van der Waals surface area contributed by atoms with Crippen LogP contribution in [0.5, 0.6) is 0 Å². The Kier molecular flexibility index (Phi) is 60.9. The van der Waals surface area contributed by atoms with Gasteiger partial charge in [-0.2, -0.15) is 0 Å². The zero-order valence-electron chi connectivity index (χ0n) is 54.3. The van der Waals surface area contributed by atoms with Gasteiger partial charge in [-0.05, 0) is 83.5 Å². The molecule has 0 spiro atoms. The summed E-state index contributed by atoms with van der Waals surface area (Å²) in [5, 5.41) is 14.0. The van der Waals surface area contributed by atoms with Crippen LogP contribution < -0.4 is 5.32 Å². The van der Waals surface area contributed by atoms with Gasteiger partial charge in [0.25, 0.3) is 0 Å². The van der Waals surface area contributed by atoms with E-state index in [1.54, 1.807) is 6.08 Å². The molecule has 0 aromatic heterocycles. The fourth-order valence-corrected chi connectivity index (χ4v) is 10.9. The summed E-state index contributed by atoms with van der Waals surface area (Å²) < 4.78 is 23.8. The second-order valence-corrected chi connectivity index (χ2v) is 26.3. The van der Waals surface area contributed by atoms with E-state index in [1.165, 1.54) is 250 Å². The highest BCUT2D eigenvalue weighted by molar-refractivity contribution is 7.47. The Bertz CT molecular complexity index is 1550. The number of amides is 1. The number of quaternary nitrogens is 1. The molecule has 0 aliphatic rings. The van der Waals surface area contributed by atoms with E-state index in [4.69, 9.17) is 9.05 Å². The van der Waals surface area contributed by atoms with Crippen molar-refractivity contribution in [2.45, 2.75) is 341 Å². The number of nitrogens with zero attached hydrogens (tertiary/aromatic N) is 1. The Morgan fingerprint density at radius 2 is 0.716 bits per heavy atom. The Labute approximate surface area is 504 Å². The number of likely N-dealkylation sites (N-methyl/N-ethyl adjacent to an activating group) is 1. The van der Waals surface area contributed by atoms with Gasteiger partial charge in [0.15, 0.2) is 0 Å². The van der Waals surface area contributed by atoms with Crippen molar-refractivity contribution >= 4 is 13.7 Å². The van der Waals surface area contributed by atoms with Crippen LogP contribution in [0.1, 0.15) is 328 Å². The normalized spacial score (nSPS) is 14.1. The summed E-state index contributed by atoms with van der Waals surface area (Å²) in [5.74, 6) is -0.187. The molecule has 3 unspecified atom stereocenters. The van der Waals surface area contributed by atoms with E-state index in [-0.39, 0.29) is 19.1 Å². The zero-order chi connectivity index (χ0) is 59.1. The third-order valence-corrected chi connectivity index (χ3v) is 16.6. The molecular weight excluding hydrogens is 1020 g/mol. The van der Waals surface area contributed by atoms with E-state index in [9.17, 15) is 19.4 Å². The van der Waals surface area contributed by atoms with Gasteiger partial charge in [-0.3, -0.25) is 13.8 Å². The van der Waals surface area contributed by atoms with Crippen molar-refractivity contribution in [3.8, 4) is 0 Å². The molecular formula is C72H136N2O6P+. The number of carbonyl (C=O) groups excluding carboxylic acids is 1. The lowest BCUT2D eigenvalue weighted by atomic mass is 10.0. The van der Waals surface area contributed by atoms with Crippen LogP contribution in [0.3, 0.4) is 0 Å². The van der Waals surface area contributed by atoms with E-state index >= 15 is 0 Å². The van der Waals surface area contributed by atoms with Crippen molar-refractivity contribution in [2.75, 3.05) is 40.9 Å². The van der Waals surface area contributed by atoms with E-state index in [0.29, 0.717) is 17.4 Å². The van der Waals surface area contributed by atoms with Crippen molar-refractivity contribution in [1.29, 1.82) is 0 Å². The highest BCUT2D eigenvalue weighted by Gasteiger charge is 2.28. The number of unbranched alkanes of at least 4 members (excludes halogenated alkanes) is 41. The quantitative estimate of drug-likeness (QED) is 0.0243. The molecule has 0 bridgehead atoms. The van der Waals surface area contributed by atoms with Gasteiger partial charge in [0, 0.05) is 6.42 Å². The summed E-state index contributed by atoms with van der Waals surface area (Å²) in [6, 6.07) is -0.873. The van der Waals surface area contributed by atoms with E-state index in [2.05, 4.69) is 79.9 Å². The lowest BCUT2D eigenvalue weighted by Crippen LogP contribution is -2.45. The van der Waals surface area contributed by atoms with E-state index in [1.807, 2.05) is 27.2 Å². The summed E-state index contributed by atoms with van der Waals surface area (Å²) in [4.78, 5) is 23.4. The van der Waals surface area contributed by atoms with Crippen LogP contribution in [0, 0.1) is 0 Å². The molecule has 81 heavy (non-hydrogen) atoms. The highest BCUT2D eigenvalue weighted by atomic mass is 31.2. The number of carbonyl (C=O) groups is 1. The third-order valence-electron chi connectivity index (χ3n) is 15.6. The standard InChI is InChI=1S/C72H135N2O6P/c1-6-8-10-12-14-16-18-20-22-24-26-28-30-32-33-34-35-36-37-38-39-40-41-42-44-46-48-50-52-54-56-58-60-62-64-66-72(76)73-70(69-80-81(77,78)79-68-67-74(3,4)5)71(75)65-63-61-59-57-55-53-51-49-47-45-43-31-29-27-25-23-21-19-17-15-13-11-9-7-2/h18,20,24,26,30,32,47,49,55,57,63,65,70-71,75H,6-17,19,21-23,25,27-29,31,33-46,48,50-54,56,58-62,64,66-69H2,1-5H3,(H-,73,76,77,78)/p+1/b20-18-,26-24-,32-30-,49-47+,57-55+,65-63+. The first-order chi connectivity index (χ1) is 39.5. The molecule has 0 heterocycles. The second kappa shape index (κ2) is 62.5. The predicted octanol–water partition coefficient (Wildman–Crippen LogP) is 22.2. The zero-order valence-corrected chi connectivity index (χ0v) is 55.2. The Morgan fingerprint density at radius 1 is 0.420 bits per heavy atom. The maximum Gasteiger partial charge on any atom is 0.472 e. The van der Waals surface area contributed by atoms with Crippen molar-refractivity contribution in [3.63, 3.8) is 0 Å². The number of hydrogen-bond acceptors (Lipinski definition) is 5. The van der Waals surface area contributed by atoms with Crippen molar-refractivity contribution in [1.82, 2.24) is 5.32 Å². The number of aliphatic hydroxyl groups is 1. The minimum absolute atomic E-state index is 0.0528. The molecule has 0 aliphatic heterocycles. The number of allylic oxidation sites excluding steroid dienone is 11. The number of phosphoric ester groups is 1. The van der Waals surface area contributed by atoms with Gasteiger partial charge in [0.1, 0.15) is 13.2 Å². The van der Waals surface area contributed by atoms with Crippen LogP contribution in [0.25, 0.3) is 0 Å². The van der Waals surface area contributed by atoms with Crippen LogP contribution in [0.4, 0.5) is 0 Å². The summed E-state index contributed by atoms with van der Waals surface area (Å²) in [6.45, 7) is 4.81. The molecule has 8 nitrogen and oxygen atoms in total. The van der Waals surface area contributed by atoms with Gasteiger partial charge in [-0.25, -0.2) is 4.57 Å². The first-order valence-electron chi connectivity index (χ1n) is 34.8. The maximum atomic E-state index is 13.0. The Morgan fingerprint density at radius 3 is 1.07 bits per heavy atom. The Balaban J connectivity index is 4.08. The van der Waals surface area contributed by atoms with Crippen LogP contribution >= 0.6 is 7.82 Å². The summed E-state index contributed by atoms with van der Waals surface area (Å²) >= 11 is 0.